The van der Waals surface area contributed by atoms with E-state index >= 15 is 0 Å². The average molecular weight is 458 g/mol. The fourth-order valence-electron chi connectivity index (χ4n) is 0. The molecule has 37 valence electrons. The Morgan fingerprint density at radius 2 is 1.17 bits per heavy atom. The number of hydrogen-bond donors (Lipinski definition) is 1. The Hall–Kier alpha value is 0.944. The van der Waals surface area contributed by atoms with Gasteiger partial charge in [-0.2, -0.15) is 0 Å². The summed E-state index contributed by atoms with van der Waals surface area (Å²) in [6, 6.07) is 0. The molecular weight excluding hydrogens is 455 g/mol. The normalized spacial score (nSPS) is 9.50. The molecule has 0 heterocycles. The van der Waals surface area contributed by atoms with Crippen molar-refractivity contribution in [3.63, 3.8) is 0 Å². The molecule has 0 amide bonds. The summed E-state index contributed by atoms with van der Waals surface area (Å²) >= 11 is -5.86. The summed E-state index contributed by atoms with van der Waals surface area (Å²) in [5.41, 5.74) is 0. The maximum atomic E-state index is 8.75. The molecule has 0 atom stereocenters. The first kappa shape index (κ1) is 10.0. The molecule has 1 N–H and O–H groups in total. The summed E-state index contributed by atoms with van der Waals surface area (Å²) < 4.78 is 33.3. The van der Waals surface area contributed by atoms with Crippen molar-refractivity contribution in [2.75, 3.05) is 0 Å². The third-order valence-electron chi connectivity index (χ3n) is 0. The molecule has 0 saturated carbocycles. The Balaban J connectivity index is 0. The molecule has 6 heavy (non-hydrogen) atoms. The van der Waals surface area contributed by atoms with Crippen LogP contribution < -0.4 is 0 Å². The Morgan fingerprint density at radius 1 is 1.17 bits per heavy atom. The van der Waals surface area contributed by atoms with Crippen molar-refractivity contribution in [2.24, 2.45) is 0 Å². The van der Waals surface area contributed by atoms with E-state index in [2.05, 4.69) is 0 Å². The second-order valence-electron chi connectivity index (χ2n) is 0.396. The van der Waals surface area contributed by atoms with E-state index in [1.54, 1.807) is 0 Å². The van der Waals surface area contributed by atoms with E-state index in [0.717, 1.165) is 0 Å². The van der Waals surface area contributed by atoms with Crippen LogP contribution >= 0.6 is 0 Å². The molecule has 0 aliphatic carbocycles. The van der Waals surface area contributed by atoms with Crippen LogP contribution in [0.4, 0.5) is 0 Å². The molecule has 0 saturated heterocycles. The molecule has 0 unspecified atom stereocenters. The fourth-order valence-corrected chi connectivity index (χ4v) is 0. The first-order valence-corrected chi connectivity index (χ1v) is 5.17. The fraction of sp³-hybridized carbons (Fsp3) is 0. The van der Waals surface area contributed by atoms with Crippen molar-refractivity contribution in [3.8, 4) is 0 Å². The van der Waals surface area contributed by atoms with E-state index in [1.807, 2.05) is 0 Å². The topological polar surface area (TPSA) is 71.4 Å². The van der Waals surface area contributed by atoms with Gasteiger partial charge in [-0.15, -0.1) is 0 Å². The van der Waals surface area contributed by atoms with Crippen LogP contribution in [-0.4, -0.2) is 31.1 Å². The van der Waals surface area contributed by atoms with Crippen LogP contribution in [-0.2, 0) is 26.2 Å². The molecule has 0 fully saturated rings. The van der Waals surface area contributed by atoms with Crippen LogP contribution in [0.25, 0.3) is 0 Å². The summed E-state index contributed by atoms with van der Waals surface area (Å²) in [6.07, 6.45) is 0. The summed E-state index contributed by atoms with van der Waals surface area (Å²) in [7, 11) is 0. The summed E-state index contributed by atoms with van der Waals surface area (Å²) in [5, 5.41) is 0. The zero-order valence-corrected chi connectivity index (χ0v) is 13.5. The van der Waals surface area contributed by atoms with Gasteiger partial charge in [0, 0.05) is 0 Å². The molecule has 0 spiro atoms. The van der Waals surface area contributed by atoms with Crippen molar-refractivity contribution in [3.05, 3.63) is 0 Å². The van der Waals surface area contributed by atoms with E-state index in [4.69, 9.17) is 14.2 Å². The Bertz CT molecular complexity index is 129. The van der Waals surface area contributed by atoms with Gasteiger partial charge in [0.05, 0.1) is 0 Å². The van der Waals surface area contributed by atoms with E-state index in [-0.39, 0.29) is 27.3 Å². The molecule has 0 rings (SSSR count). The molecule has 0 aliphatic rings. The molecule has 0 bridgehead atoms. The Labute approximate surface area is 57.0 Å². The third kappa shape index (κ3) is 86.2. The molecule has 1 radical (unpaired) electrons. The van der Waals surface area contributed by atoms with E-state index < -0.39 is 15.8 Å². The van der Waals surface area contributed by atoms with Crippen LogP contribution in [0.15, 0.2) is 0 Å². The molecule has 0 aromatic heterocycles. The summed E-state index contributed by atoms with van der Waals surface area (Å²) in [6.45, 7) is 0. The van der Waals surface area contributed by atoms with Gasteiger partial charge in [-0.25, -0.2) is 0 Å². The van der Waals surface area contributed by atoms with Crippen LogP contribution in [0, 0.1) is 0 Å². The predicted octanol–water partition coefficient (Wildman–Crippen LogP) is -1.83. The van der Waals surface area contributed by atoms with Gasteiger partial charge in [0.25, 0.3) is 0 Å². The second kappa shape index (κ2) is 3.01. The standard InChI is InChI=1S/H2O.3O.Re.Tl.2H/h1H2;;;;;;;/q;;;;+1;;;/p-1. The first-order valence-electron chi connectivity index (χ1n) is 0.632. The third-order valence-corrected chi connectivity index (χ3v) is 0. The monoisotopic (exact) mass is 459 g/mol. The van der Waals surface area contributed by atoms with Crippen LogP contribution in [0.3, 0.4) is 0 Å². The van der Waals surface area contributed by atoms with Gasteiger partial charge >= 0.3 is 57.3 Å². The Morgan fingerprint density at radius 3 is 1.17 bits per heavy atom. The molecule has 4 nitrogen and oxygen atoms in total. The quantitative estimate of drug-likeness (QED) is 0.435. The summed E-state index contributed by atoms with van der Waals surface area (Å²) in [5.74, 6) is 0. The Kier molecular flexibility index (Phi) is 5.04. The molecule has 0 aromatic carbocycles. The van der Waals surface area contributed by atoms with Crippen LogP contribution in [0.1, 0.15) is 0 Å². The van der Waals surface area contributed by atoms with Gasteiger partial charge in [0.15, 0.2) is 0 Å². The zero-order valence-electron chi connectivity index (χ0n) is 3.05. The first-order chi connectivity index (χ1) is 2.00. The minimum absolute atomic E-state index is 0. The van der Waals surface area contributed by atoms with Crippen LogP contribution in [0.5, 0.6) is 0 Å². The maximum absolute atomic E-state index is 8.75. The van der Waals surface area contributed by atoms with Gasteiger partial charge in [0.2, 0.25) is 0 Å². The van der Waals surface area contributed by atoms with Gasteiger partial charge < -0.3 is 0 Å². The van der Waals surface area contributed by atoms with E-state index in [9.17, 15) is 0 Å². The molecule has 6 heteroatoms. The zero-order chi connectivity index (χ0) is 4.50. The molecule has 0 aliphatic heterocycles. The minimum atomic E-state index is -5.86. The van der Waals surface area contributed by atoms with Gasteiger partial charge in [0.1, 0.15) is 0 Å². The predicted molar refractivity (Wildman–Crippen MR) is 12.8 cm³/mol. The van der Waals surface area contributed by atoms with Crippen molar-refractivity contribution < 1.29 is 30.0 Å². The molecule has 0 aromatic rings. The number of rotatable bonds is 0. The van der Waals surface area contributed by atoms with Crippen LogP contribution in [0.2, 0.25) is 0 Å². The van der Waals surface area contributed by atoms with E-state index in [1.165, 1.54) is 0 Å². The van der Waals surface area contributed by atoms with Crippen molar-refractivity contribution >= 4 is 27.3 Å². The SMILES string of the molecule is [O]=[Re](=[O])(=[O])[OH].[TlH2]. The van der Waals surface area contributed by atoms with Gasteiger partial charge in [-0.3, -0.25) is 0 Å². The van der Waals surface area contributed by atoms with Crippen molar-refractivity contribution in [1.82, 2.24) is 0 Å². The summed E-state index contributed by atoms with van der Waals surface area (Å²) in [4.78, 5) is 0. The van der Waals surface area contributed by atoms with Gasteiger partial charge in [-0.05, 0) is 0 Å². The average Bonchev–Trinajstić information content (AvgIpc) is 0.722. The van der Waals surface area contributed by atoms with Crippen molar-refractivity contribution in [2.45, 2.75) is 0 Å². The second-order valence-corrected chi connectivity index (χ2v) is 3.24. The van der Waals surface area contributed by atoms with E-state index in [0.29, 0.717) is 0 Å². The molecular formula is H3O4ReTl. The van der Waals surface area contributed by atoms with Crippen molar-refractivity contribution in [1.29, 1.82) is 0 Å². The number of hydrogen-bond acceptors (Lipinski definition) is 3. The van der Waals surface area contributed by atoms with Gasteiger partial charge in [-0.1, -0.05) is 0 Å².